The van der Waals surface area contributed by atoms with Gasteiger partial charge in [0, 0.05) is 12.1 Å². The normalized spacial score (nSPS) is 9.88. The van der Waals surface area contributed by atoms with Crippen molar-refractivity contribution in [2.45, 2.75) is 19.8 Å². The molecule has 0 aliphatic heterocycles. The topological polar surface area (TPSA) is 36.9 Å². The maximum atomic E-state index is 5.62. The van der Waals surface area contributed by atoms with Gasteiger partial charge in [-0.1, -0.05) is 13.3 Å². The van der Waals surface area contributed by atoms with Crippen LogP contribution in [-0.2, 0) is 0 Å². The number of benzene rings is 1. The van der Waals surface area contributed by atoms with Crippen molar-refractivity contribution in [3.8, 4) is 23.0 Å². The minimum absolute atomic E-state index is 0.581. The van der Waals surface area contributed by atoms with Gasteiger partial charge in [0.2, 0.25) is 5.75 Å². The Labute approximate surface area is 102 Å². The van der Waals surface area contributed by atoms with Crippen LogP contribution < -0.4 is 18.9 Å². The van der Waals surface area contributed by atoms with Crippen LogP contribution >= 0.6 is 0 Å². The van der Waals surface area contributed by atoms with E-state index in [2.05, 4.69) is 6.92 Å². The van der Waals surface area contributed by atoms with Crippen LogP contribution in [0.15, 0.2) is 12.1 Å². The van der Waals surface area contributed by atoms with E-state index in [-0.39, 0.29) is 0 Å². The molecule has 96 valence electrons. The second kappa shape index (κ2) is 6.89. The van der Waals surface area contributed by atoms with Crippen molar-refractivity contribution < 1.29 is 18.9 Å². The van der Waals surface area contributed by atoms with Gasteiger partial charge in [0.25, 0.3) is 0 Å². The minimum Gasteiger partial charge on any atom is -0.493 e. The Hall–Kier alpha value is -1.58. The molecule has 17 heavy (non-hydrogen) atoms. The van der Waals surface area contributed by atoms with E-state index >= 15 is 0 Å². The SMILES string of the molecule is CCCCOc1cc(OC)c(OC)c(OC)c1. The molecular formula is C13H20O4. The molecule has 4 heteroatoms. The predicted molar refractivity (Wildman–Crippen MR) is 66.5 cm³/mol. The summed E-state index contributed by atoms with van der Waals surface area (Å²) in [6.07, 6.45) is 2.13. The largest absolute Gasteiger partial charge is 0.493 e. The summed E-state index contributed by atoms with van der Waals surface area (Å²) in [5.41, 5.74) is 0. The van der Waals surface area contributed by atoms with Crippen molar-refractivity contribution in [3.05, 3.63) is 12.1 Å². The molecule has 0 unspecified atom stereocenters. The predicted octanol–water partition coefficient (Wildman–Crippen LogP) is 2.89. The summed E-state index contributed by atoms with van der Waals surface area (Å²) < 4.78 is 21.3. The zero-order valence-electron chi connectivity index (χ0n) is 10.9. The van der Waals surface area contributed by atoms with Crippen LogP contribution in [0.4, 0.5) is 0 Å². The Morgan fingerprint density at radius 3 is 1.94 bits per heavy atom. The van der Waals surface area contributed by atoms with Crippen LogP contribution in [-0.4, -0.2) is 27.9 Å². The molecule has 0 bridgehead atoms. The summed E-state index contributed by atoms with van der Waals surface area (Å²) in [5, 5.41) is 0. The average Bonchev–Trinajstić information content (AvgIpc) is 2.37. The van der Waals surface area contributed by atoms with Crippen LogP contribution in [0.25, 0.3) is 0 Å². The summed E-state index contributed by atoms with van der Waals surface area (Å²) in [5.74, 6) is 2.53. The van der Waals surface area contributed by atoms with Gasteiger partial charge in [0.1, 0.15) is 5.75 Å². The highest BCUT2D eigenvalue weighted by atomic mass is 16.5. The monoisotopic (exact) mass is 240 g/mol. The van der Waals surface area contributed by atoms with Crippen molar-refractivity contribution in [3.63, 3.8) is 0 Å². The summed E-state index contributed by atoms with van der Waals surface area (Å²) in [7, 11) is 4.76. The number of rotatable bonds is 7. The van der Waals surface area contributed by atoms with Crippen LogP contribution in [0.3, 0.4) is 0 Å². The van der Waals surface area contributed by atoms with E-state index in [1.807, 2.05) is 0 Å². The third-order valence-electron chi connectivity index (χ3n) is 2.40. The number of methoxy groups -OCH3 is 3. The third-order valence-corrected chi connectivity index (χ3v) is 2.40. The number of ether oxygens (including phenoxy) is 4. The fourth-order valence-corrected chi connectivity index (χ4v) is 1.47. The van der Waals surface area contributed by atoms with Gasteiger partial charge in [-0.3, -0.25) is 0 Å². The first-order valence-electron chi connectivity index (χ1n) is 5.69. The lowest BCUT2D eigenvalue weighted by Crippen LogP contribution is -1.99. The number of unbranched alkanes of at least 4 members (excludes halogenated alkanes) is 1. The maximum absolute atomic E-state index is 5.62. The molecule has 0 spiro atoms. The third kappa shape index (κ3) is 3.44. The molecule has 0 atom stereocenters. The molecule has 4 nitrogen and oxygen atoms in total. The molecule has 0 heterocycles. The lowest BCUT2D eigenvalue weighted by molar-refractivity contribution is 0.294. The molecule has 1 aromatic rings. The zero-order chi connectivity index (χ0) is 12.7. The Kier molecular flexibility index (Phi) is 5.46. The fourth-order valence-electron chi connectivity index (χ4n) is 1.47. The Morgan fingerprint density at radius 1 is 0.941 bits per heavy atom. The Balaban J connectivity index is 2.92. The Morgan fingerprint density at radius 2 is 1.53 bits per heavy atom. The van der Waals surface area contributed by atoms with E-state index in [1.165, 1.54) is 0 Å². The van der Waals surface area contributed by atoms with Crippen molar-refractivity contribution in [1.29, 1.82) is 0 Å². The van der Waals surface area contributed by atoms with Gasteiger partial charge in [0.05, 0.1) is 27.9 Å². The molecule has 0 N–H and O–H groups in total. The fraction of sp³-hybridized carbons (Fsp3) is 0.538. The van der Waals surface area contributed by atoms with Crippen LogP contribution in [0, 0.1) is 0 Å². The molecular weight excluding hydrogens is 220 g/mol. The van der Waals surface area contributed by atoms with E-state index < -0.39 is 0 Å². The first kappa shape index (κ1) is 13.5. The summed E-state index contributed by atoms with van der Waals surface area (Å²) >= 11 is 0. The molecule has 1 aromatic carbocycles. The lowest BCUT2D eigenvalue weighted by Gasteiger charge is -2.14. The van der Waals surface area contributed by atoms with Crippen LogP contribution in [0.2, 0.25) is 0 Å². The van der Waals surface area contributed by atoms with Gasteiger partial charge < -0.3 is 18.9 Å². The quantitative estimate of drug-likeness (QED) is 0.687. The second-order valence-electron chi connectivity index (χ2n) is 3.56. The van der Waals surface area contributed by atoms with Gasteiger partial charge in [-0.2, -0.15) is 0 Å². The van der Waals surface area contributed by atoms with E-state index in [9.17, 15) is 0 Å². The molecule has 0 fully saturated rings. The summed E-state index contributed by atoms with van der Waals surface area (Å²) in [6.45, 7) is 2.81. The van der Waals surface area contributed by atoms with Gasteiger partial charge in [0.15, 0.2) is 11.5 Å². The Bertz CT molecular complexity index is 324. The van der Waals surface area contributed by atoms with Gasteiger partial charge >= 0.3 is 0 Å². The van der Waals surface area contributed by atoms with Gasteiger partial charge in [-0.25, -0.2) is 0 Å². The number of hydrogen-bond donors (Lipinski definition) is 0. The van der Waals surface area contributed by atoms with Crippen molar-refractivity contribution >= 4 is 0 Å². The summed E-state index contributed by atoms with van der Waals surface area (Å²) in [4.78, 5) is 0. The van der Waals surface area contributed by atoms with Gasteiger partial charge in [-0.15, -0.1) is 0 Å². The molecule has 0 aliphatic carbocycles. The molecule has 0 aromatic heterocycles. The summed E-state index contributed by atoms with van der Waals surface area (Å²) in [6, 6.07) is 3.61. The molecule has 1 rings (SSSR count). The van der Waals surface area contributed by atoms with Crippen LogP contribution in [0.5, 0.6) is 23.0 Å². The number of hydrogen-bond acceptors (Lipinski definition) is 4. The van der Waals surface area contributed by atoms with Crippen molar-refractivity contribution in [2.24, 2.45) is 0 Å². The van der Waals surface area contributed by atoms with E-state index in [0.717, 1.165) is 18.6 Å². The highest BCUT2D eigenvalue weighted by Crippen LogP contribution is 2.40. The molecule has 0 radical (unpaired) electrons. The van der Waals surface area contributed by atoms with E-state index in [4.69, 9.17) is 18.9 Å². The lowest BCUT2D eigenvalue weighted by atomic mass is 10.2. The molecule has 0 saturated heterocycles. The van der Waals surface area contributed by atoms with E-state index in [1.54, 1.807) is 33.5 Å². The standard InChI is InChI=1S/C13H20O4/c1-5-6-7-17-10-8-11(14-2)13(16-4)12(9-10)15-3/h8-9H,5-7H2,1-4H3. The van der Waals surface area contributed by atoms with Gasteiger partial charge in [-0.05, 0) is 6.42 Å². The van der Waals surface area contributed by atoms with E-state index in [0.29, 0.717) is 23.9 Å². The van der Waals surface area contributed by atoms with Crippen molar-refractivity contribution in [2.75, 3.05) is 27.9 Å². The smallest absolute Gasteiger partial charge is 0.203 e. The maximum Gasteiger partial charge on any atom is 0.203 e. The average molecular weight is 240 g/mol. The van der Waals surface area contributed by atoms with Crippen LogP contribution in [0.1, 0.15) is 19.8 Å². The second-order valence-corrected chi connectivity index (χ2v) is 3.56. The minimum atomic E-state index is 0.581. The molecule has 0 amide bonds. The van der Waals surface area contributed by atoms with Crippen molar-refractivity contribution in [1.82, 2.24) is 0 Å². The molecule has 0 saturated carbocycles. The highest BCUT2D eigenvalue weighted by Gasteiger charge is 2.13. The highest BCUT2D eigenvalue weighted by molar-refractivity contribution is 5.55. The zero-order valence-corrected chi connectivity index (χ0v) is 10.9. The molecule has 0 aliphatic rings. The first-order valence-corrected chi connectivity index (χ1v) is 5.69. The first-order chi connectivity index (χ1) is 8.26.